The maximum Gasteiger partial charge on any atom is 0.0809 e. The number of aliphatic hydroxyl groups is 1. The van der Waals surface area contributed by atoms with Crippen molar-refractivity contribution in [3.05, 3.63) is 53.8 Å². The third-order valence-electron chi connectivity index (χ3n) is 2.66. The maximum absolute atomic E-state index is 8.83. The molecule has 0 fully saturated rings. The van der Waals surface area contributed by atoms with E-state index in [-0.39, 0.29) is 18.0 Å². The highest BCUT2D eigenvalue weighted by Crippen LogP contribution is 2.14. The largest absolute Gasteiger partial charge is 0.396 e. The van der Waals surface area contributed by atoms with Crippen molar-refractivity contribution in [2.24, 2.45) is 0 Å². The lowest BCUT2D eigenvalue weighted by Crippen LogP contribution is -2.13. The van der Waals surface area contributed by atoms with Gasteiger partial charge in [-0.15, -0.1) is 0 Å². The number of hydrogen-bond donors (Lipinski definition) is 4. The summed E-state index contributed by atoms with van der Waals surface area (Å²) >= 11 is 0. The number of anilines is 1. The van der Waals surface area contributed by atoms with Crippen molar-refractivity contribution in [2.45, 2.75) is 6.42 Å². The first-order valence-electron chi connectivity index (χ1n) is 5.73. The summed E-state index contributed by atoms with van der Waals surface area (Å²) in [6.45, 7) is 0.153. The Labute approximate surface area is 106 Å². The second-order valence-corrected chi connectivity index (χ2v) is 4.06. The molecule has 0 aromatic heterocycles. The predicted molar refractivity (Wildman–Crippen MR) is 73.5 cm³/mol. The highest BCUT2D eigenvalue weighted by Gasteiger charge is 2.06. The smallest absolute Gasteiger partial charge is 0.0809 e. The lowest BCUT2D eigenvalue weighted by molar-refractivity contribution is 0.299. The second kappa shape index (κ2) is 5.42. The maximum atomic E-state index is 8.83. The topological polar surface area (TPSA) is 80.0 Å². The van der Waals surface area contributed by atoms with E-state index in [0.29, 0.717) is 6.42 Å². The van der Waals surface area contributed by atoms with E-state index in [0.717, 1.165) is 16.9 Å². The minimum atomic E-state index is 0.153. The molecule has 2 rings (SSSR count). The molecule has 4 heteroatoms. The number of allylic oxidation sites excluding steroid dienone is 3. The van der Waals surface area contributed by atoms with Crippen LogP contribution in [0.1, 0.15) is 5.56 Å². The monoisotopic (exact) mass is 241 g/mol. The van der Waals surface area contributed by atoms with Gasteiger partial charge in [-0.05, 0) is 42.3 Å². The van der Waals surface area contributed by atoms with Crippen molar-refractivity contribution in [2.75, 3.05) is 11.9 Å². The molecule has 18 heavy (non-hydrogen) atoms. The zero-order valence-corrected chi connectivity index (χ0v) is 9.90. The van der Waals surface area contributed by atoms with E-state index in [4.69, 9.17) is 15.9 Å². The molecule has 0 amide bonds. The van der Waals surface area contributed by atoms with Crippen molar-refractivity contribution in [3.8, 4) is 0 Å². The zero-order chi connectivity index (χ0) is 13.0. The van der Waals surface area contributed by atoms with Crippen LogP contribution in [0.2, 0.25) is 0 Å². The molecule has 0 radical (unpaired) electrons. The summed E-state index contributed by atoms with van der Waals surface area (Å²) < 4.78 is 0. The molecule has 1 aliphatic carbocycles. The van der Waals surface area contributed by atoms with Gasteiger partial charge < -0.3 is 10.4 Å². The minimum absolute atomic E-state index is 0.153. The molecule has 4 N–H and O–H groups in total. The Hall–Kier alpha value is -2.20. The summed E-state index contributed by atoms with van der Waals surface area (Å²) in [5.41, 5.74) is 3.24. The van der Waals surface area contributed by atoms with Gasteiger partial charge >= 0.3 is 0 Å². The predicted octanol–water partition coefficient (Wildman–Crippen LogP) is 2.13. The Morgan fingerprint density at radius 1 is 1.00 bits per heavy atom. The standard InChI is InChI=1S/C14H15N3O/c15-13-6-5-12(9-14(13)16)17-11-3-1-10(2-4-11)7-8-18/h1-6,9,15-18H,7-8H2. The van der Waals surface area contributed by atoms with Crippen LogP contribution >= 0.6 is 0 Å². The van der Waals surface area contributed by atoms with E-state index < -0.39 is 0 Å². The molecule has 0 spiro atoms. The Morgan fingerprint density at radius 2 is 1.72 bits per heavy atom. The van der Waals surface area contributed by atoms with Crippen molar-refractivity contribution in [1.82, 2.24) is 0 Å². The van der Waals surface area contributed by atoms with E-state index in [9.17, 15) is 0 Å². The van der Waals surface area contributed by atoms with Gasteiger partial charge in [-0.2, -0.15) is 0 Å². The van der Waals surface area contributed by atoms with Crippen LogP contribution in [-0.2, 0) is 6.42 Å². The van der Waals surface area contributed by atoms with Gasteiger partial charge in [0, 0.05) is 18.0 Å². The molecule has 1 aromatic rings. The van der Waals surface area contributed by atoms with Crippen LogP contribution in [0.15, 0.2) is 48.2 Å². The third-order valence-corrected chi connectivity index (χ3v) is 2.66. The van der Waals surface area contributed by atoms with Crippen molar-refractivity contribution in [3.63, 3.8) is 0 Å². The van der Waals surface area contributed by atoms with Crippen LogP contribution < -0.4 is 5.32 Å². The SMILES string of the molecule is N=C1C=CC(Nc2ccc(CCO)cc2)=CC1=N. The lowest BCUT2D eigenvalue weighted by Gasteiger charge is -2.11. The Bertz CT molecular complexity index is 526. The summed E-state index contributed by atoms with van der Waals surface area (Å²) in [7, 11) is 0. The van der Waals surface area contributed by atoms with E-state index in [1.165, 1.54) is 0 Å². The fourth-order valence-corrected chi connectivity index (χ4v) is 1.67. The quantitative estimate of drug-likeness (QED) is 0.609. The minimum Gasteiger partial charge on any atom is -0.396 e. The normalized spacial score (nSPS) is 14.6. The van der Waals surface area contributed by atoms with Crippen LogP contribution in [-0.4, -0.2) is 23.1 Å². The summed E-state index contributed by atoms with van der Waals surface area (Å²) in [4.78, 5) is 0. The molecule has 92 valence electrons. The van der Waals surface area contributed by atoms with Crippen LogP contribution in [0.3, 0.4) is 0 Å². The van der Waals surface area contributed by atoms with Crippen LogP contribution in [0.25, 0.3) is 0 Å². The summed E-state index contributed by atoms with van der Waals surface area (Å²) in [5.74, 6) is 0. The zero-order valence-electron chi connectivity index (χ0n) is 9.90. The van der Waals surface area contributed by atoms with E-state index in [2.05, 4.69) is 5.32 Å². The van der Waals surface area contributed by atoms with Crippen LogP contribution in [0.5, 0.6) is 0 Å². The van der Waals surface area contributed by atoms with Gasteiger partial charge in [-0.25, -0.2) is 0 Å². The number of aliphatic hydroxyl groups excluding tert-OH is 1. The first kappa shape index (κ1) is 12.3. The van der Waals surface area contributed by atoms with Crippen molar-refractivity contribution >= 4 is 17.1 Å². The van der Waals surface area contributed by atoms with Crippen LogP contribution in [0, 0.1) is 10.8 Å². The summed E-state index contributed by atoms with van der Waals surface area (Å²) in [6.07, 6.45) is 5.67. The van der Waals surface area contributed by atoms with Crippen LogP contribution in [0.4, 0.5) is 5.69 Å². The number of nitrogens with one attached hydrogen (secondary N) is 3. The Kier molecular flexibility index (Phi) is 3.69. The summed E-state index contributed by atoms with van der Waals surface area (Å²) in [6, 6.07) is 7.78. The average molecular weight is 241 g/mol. The van der Waals surface area contributed by atoms with Gasteiger partial charge in [0.25, 0.3) is 0 Å². The second-order valence-electron chi connectivity index (χ2n) is 4.06. The first-order chi connectivity index (χ1) is 8.69. The average Bonchev–Trinajstić information content (AvgIpc) is 2.37. The highest BCUT2D eigenvalue weighted by molar-refractivity contribution is 6.49. The fraction of sp³-hybridized carbons (Fsp3) is 0.143. The lowest BCUT2D eigenvalue weighted by atomic mass is 10.1. The highest BCUT2D eigenvalue weighted by atomic mass is 16.2. The van der Waals surface area contributed by atoms with Gasteiger partial charge in [0.2, 0.25) is 0 Å². The molecule has 1 aliphatic rings. The molecule has 0 saturated heterocycles. The van der Waals surface area contributed by atoms with Crippen molar-refractivity contribution < 1.29 is 5.11 Å². The molecule has 0 aliphatic heterocycles. The molecule has 0 atom stereocenters. The van der Waals surface area contributed by atoms with Gasteiger partial charge in [0.15, 0.2) is 0 Å². The molecule has 1 aromatic carbocycles. The van der Waals surface area contributed by atoms with Gasteiger partial charge in [-0.3, -0.25) is 10.8 Å². The molecular weight excluding hydrogens is 226 g/mol. The van der Waals surface area contributed by atoms with Gasteiger partial charge in [0.05, 0.1) is 11.4 Å². The molecule has 0 saturated carbocycles. The first-order valence-corrected chi connectivity index (χ1v) is 5.73. The number of benzene rings is 1. The third kappa shape index (κ3) is 2.93. The molecule has 0 heterocycles. The molecule has 0 unspecified atom stereocenters. The number of hydrogen-bond acceptors (Lipinski definition) is 4. The summed E-state index contributed by atoms with van der Waals surface area (Å²) in [5, 5.41) is 27.0. The Morgan fingerprint density at radius 3 is 2.33 bits per heavy atom. The Balaban J connectivity index is 2.06. The van der Waals surface area contributed by atoms with Crippen molar-refractivity contribution in [1.29, 1.82) is 10.8 Å². The fourth-order valence-electron chi connectivity index (χ4n) is 1.67. The molecular formula is C14H15N3O. The van der Waals surface area contributed by atoms with E-state index >= 15 is 0 Å². The van der Waals surface area contributed by atoms with E-state index in [1.54, 1.807) is 18.2 Å². The van der Waals surface area contributed by atoms with Gasteiger partial charge in [-0.1, -0.05) is 12.1 Å². The molecule has 4 nitrogen and oxygen atoms in total. The van der Waals surface area contributed by atoms with E-state index in [1.807, 2.05) is 24.3 Å². The molecule has 0 bridgehead atoms. The number of rotatable bonds is 4. The van der Waals surface area contributed by atoms with Gasteiger partial charge in [0.1, 0.15) is 0 Å².